The minimum absolute atomic E-state index is 0.0210. The molecule has 21 heteroatoms. The number of aromatic nitrogens is 1. The maximum atomic E-state index is 15.3. The number of benzene rings is 1. The summed E-state index contributed by atoms with van der Waals surface area (Å²) in [6, 6.07) is 0.372. The maximum Gasteiger partial charge on any atom is 0.437 e. The van der Waals surface area contributed by atoms with E-state index in [2.05, 4.69) is 10.3 Å². The molecule has 2 aliphatic carbocycles. The number of alkyl halides is 4. The Bertz CT molecular complexity index is 2240. The molecule has 1 aromatic heterocycles. The molecular weight excluding hydrogens is 850 g/mol. The minimum atomic E-state index is -5.30. The second-order valence-electron chi connectivity index (χ2n) is 17.3. The summed E-state index contributed by atoms with van der Waals surface area (Å²) in [5.41, 5.74) is -5.31. The number of nitrogens with zero attached hydrogens (tertiary/aromatic N) is 3. The number of carbonyl (C=O) groups excluding carboxylic acids is 3. The number of methoxy groups -OCH3 is 1. The first-order valence-corrected chi connectivity index (χ1v) is 22.1. The molecule has 1 unspecified atom stereocenters. The first kappa shape index (κ1) is 45.2. The van der Waals surface area contributed by atoms with Gasteiger partial charge in [0.1, 0.15) is 35.1 Å². The molecule has 8 atom stereocenters. The zero-order valence-electron chi connectivity index (χ0n) is 34.4. The second kappa shape index (κ2) is 16.7. The summed E-state index contributed by atoms with van der Waals surface area (Å²) in [5, 5.41) is 14.0. The van der Waals surface area contributed by atoms with Crippen molar-refractivity contribution in [1.82, 2.24) is 24.8 Å². The molecular formula is C41H50F5N5O10S. The van der Waals surface area contributed by atoms with Gasteiger partial charge in [0.25, 0.3) is 5.91 Å². The first-order valence-electron chi connectivity index (χ1n) is 20.7. The van der Waals surface area contributed by atoms with E-state index < -0.39 is 118 Å². The van der Waals surface area contributed by atoms with Crippen LogP contribution in [0, 0.1) is 23.6 Å². The van der Waals surface area contributed by atoms with Gasteiger partial charge in [-0.1, -0.05) is 26.0 Å². The Morgan fingerprint density at radius 3 is 2.52 bits per heavy atom. The lowest BCUT2D eigenvalue weighted by Crippen LogP contribution is -2.70. The van der Waals surface area contributed by atoms with Crippen LogP contribution in [0.5, 0.6) is 11.6 Å². The van der Waals surface area contributed by atoms with Gasteiger partial charge in [0.15, 0.2) is 11.6 Å². The van der Waals surface area contributed by atoms with Gasteiger partial charge in [-0.15, -0.1) is 0 Å². The van der Waals surface area contributed by atoms with Gasteiger partial charge < -0.3 is 29.5 Å². The quantitative estimate of drug-likeness (QED) is 0.216. The third-order valence-corrected chi connectivity index (χ3v) is 15.2. The fraction of sp³-hybridized carbons (Fsp3) is 0.634. The van der Waals surface area contributed by atoms with E-state index in [0.29, 0.717) is 18.2 Å². The van der Waals surface area contributed by atoms with E-state index in [1.54, 1.807) is 25.1 Å². The molecule has 4 heterocycles. The molecule has 2 saturated heterocycles. The van der Waals surface area contributed by atoms with Gasteiger partial charge in [0.2, 0.25) is 33.4 Å². The van der Waals surface area contributed by atoms with Crippen molar-refractivity contribution in [1.29, 1.82) is 0 Å². The van der Waals surface area contributed by atoms with Gasteiger partial charge in [0.05, 0.1) is 13.7 Å². The monoisotopic (exact) mass is 899 g/mol. The van der Waals surface area contributed by atoms with Gasteiger partial charge in [-0.25, -0.2) is 27.0 Å². The number of halogens is 5. The van der Waals surface area contributed by atoms with E-state index in [4.69, 9.17) is 14.2 Å². The molecule has 5 aliphatic rings. The number of sulfonamides is 1. The highest BCUT2D eigenvalue weighted by molar-refractivity contribution is 7.91. The molecule has 4 fully saturated rings. The Kier molecular flexibility index (Phi) is 12.2. The molecule has 0 radical (unpaired) electrons. The van der Waals surface area contributed by atoms with Crippen LogP contribution in [-0.4, -0.2) is 119 Å². The summed E-state index contributed by atoms with van der Waals surface area (Å²) in [5.74, 6) is -6.37. The van der Waals surface area contributed by atoms with Crippen LogP contribution in [0.25, 0.3) is 10.8 Å². The van der Waals surface area contributed by atoms with Crippen molar-refractivity contribution in [2.45, 2.75) is 118 Å². The Hall–Kier alpha value is -4.79. The number of amides is 4. The summed E-state index contributed by atoms with van der Waals surface area (Å²) in [6.45, 7) is 1.08. The summed E-state index contributed by atoms with van der Waals surface area (Å²) >= 11 is 0. The molecule has 340 valence electrons. The number of rotatable bonds is 9. The first-order chi connectivity index (χ1) is 29.2. The number of fused-ring (bicyclic) bond motifs is 3. The largest absolute Gasteiger partial charge is 0.494 e. The molecule has 4 amide bonds. The van der Waals surface area contributed by atoms with Gasteiger partial charge >= 0.3 is 12.3 Å². The summed E-state index contributed by atoms with van der Waals surface area (Å²) in [4.78, 5) is 62.4. The van der Waals surface area contributed by atoms with E-state index in [1.165, 1.54) is 26.3 Å². The fourth-order valence-corrected chi connectivity index (χ4v) is 10.7. The van der Waals surface area contributed by atoms with Crippen LogP contribution in [0.15, 0.2) is 36.5 Å². The van der Waals surface area contributed by atoms with E-state index in [1.807, 2.05) is 4.72 Å². The lowest BCUT2D eigenvalue weighted by Gasteiger charge is -2.49. The van der Waals surface area contributed by atoms with Crippen LogP contribution < -0.4 is 19.5 Å². The number of pyridine rings is 1. The number of carbonyl (C=O) groups is 4. The molecule has 2 aromatic rings. The fourth-order valence-electron chi connectivity index (χ4n) is 9.28. The van der Waals surface area contributed by atoms with Gasteiger partial charge in [-0.2, -0.15) is 13.2 Å². The van der Waals surface area contributed by atoms with Crippen molar-refractivity contribution >= 4 is 44.6 Å². The Labute approximate surface area is 354 Å². The number of hydrogen-bond donors (Lipinski definition) is 3. The van der Waals surface area contributed by atoms with E-state index in [-0.39, 0.29) is 72.8 Å². The van der Waals surface area contributed by atoms with Crippen LogP contribution >= 0.6 is 0 Å². The zero-order chi connectivity index (χ0) is 45.0. The molecule has 3 N–H and O–H groups in total. The standard InChI is InChI=1S/C41H50F5N5O10S/c1-23-8-4-5-9-26-20-39(26,36(54)49-62(57,58)38(22-42)12-13-38)48-33(52)30-18-27(61-34-28-19-29(43)31(59-3)17-25(28)10-14-47-34)21-50(30)35(53)32(24(2)16-23)51(37(55)56)40(41(44,45)46)11-6-7-15-60-40/h5,9-10,14,17,19,23-24,26-27,30,32H,4,6-8,11-13,15-16,18,20-22H2,1-3H3,(H,48,52)(H,49,54)(H,55,56)/t23-,24-,26-,27-,30+,32+,39-,40?/m1/s1. The molecule has 62 heavy (non-hydrogen) atoms. The summed E-state index contributed by atoms with van der Waals surface area (Å²) in [6.07, 6.45) is -4.07. The Balaban J connectivity index is 1.31. The highest BCUT2D eigenvalue weighted by atomic mass is 32.2. The zero-order valence-corrected chi connectivity index (χ0v) is 35.2. The average Bonchev–Trinajstić information content (AvgIpc) is 4.12. The second-order valence-corrected chi connectivity index (χ2v) is 19.4. The Morgan fingerprint density at radius 2 is 1.89 bits per heavy atom. The van der Waals surface area contributed by atoms with Crippen LogP contribution in [0.2, 0.25) is 0 Å². The van der Waals surface area contributed by atoms with Crippen LogP contribution in [0.4, 0.5) is 26.7 Å². The van der Waals surface area contributed by atoms with Crippen molar-refractivity contribution in [3.05, 3.63) is 42.4 Å². The summed E-state index contributed by atoms with van der Waals surface area (Å²) in [7, 11) is -3.27. The number of hydrogen-bond acceptors (Lipinski definition) is 10. The SMILES string of the molecule is COc1cc2ccnc(O[C@@H]3C[C@H]4C(=O)N[C@]5(C(=O)NS(=O)(=O)C6(CF)CC6)C[C@H]5C=CCC[C@@H](C)C[C@@H](C)[C@H](N(C(=O)O)C5(C(F)(F)F)CCCCO5)C(=O)N4C3)c2cc1F. The molecule has 3 aliphatic heterocycles. The molecule has 7 rings (SSSR count). The van der Waals surface area contributed by atoms with Crippen LogP contribution in [0.1, 0.15) is 78.1 Å². The van der Waals surface area contributed by atoms with Gasteiger partial charge in [0, 0.05) is 36.9 Å². The topological polar surface area (TPSA) is 194 Å². The smallest absolute Gasteiger partial charge is 0.437 e. The molecule has 0 bridgehead atoms. The molecule has 2 saturated carbocycles. The predicted octanol–water partition coefficient (Wildman–Crippen LogP) is 5.37. The molecule has 15 nitrogen and oxygen atoms in total. The van der Waals surface area contributed by atoms with Crippen molar-refractivity contribution in [3.63, 3.8) is 0 Å². The van der Waals surface area contributed by atoms with Crippen molar-refractivity contribution in [2.24, 2.45) is 17.8 Å². The highest BCUT2D eigenvalue weighted by Crippen LogP contribution is 2.49. The van der Waals surface area contributed by atoms with Crippen molar-refractivity contribution < 1.29 is 68.9 Å². The Morgan fingerprint density at radius 1 is 1.15 bits per heavy atom. The lowest BCUT2D eigenvalue weighted by molar-refractivity contribution is -0.341. The number of ether oxygens (including phenoxy) is 3. The van der Waals surface area contributed by atoms with Crippen LogP contribution in [-0.2, 0) is 29.1 Å². The van der Waals surface area contributed by atoms with Crippen molar-refractivity contribution in [3.8, 4) is 11.6 Å². The summed E-state index contributed by atoms with van der Waals surface area (Å²) < 4.78 is 118. The third-order valence-electron chi connectivity index (χ3n) is 13.1. The van der Waals surface area contributed by atoms with E-state index in [0.717, 1.165) is 11.0 Å². The number of carboxylic acid groups (broad SMARTS) is 1. The number of nitrogens with one attached hydrogen (secondary N) is 2. The van der Waals surface area contributed by atoms with Gasteiger partial charge in [-0.05, 0) is 86.8 Å². The number of allylic oxidation sites excluding steroid dienone is 1. The normalized spacial score (nSPS) is 31.5. The third kappa shape index (κ3) is 8.14. The minimum Gasteiger partial charge on any atom is -0.494 e. The highest BCUT2D eigenvalue weighted by Gasteiger charge is 2.67. The molecule has 0 spiro atoms. The van der Waals surface area contributed by atoms with E-state index in [9.17, 15) is 36.7 Å². The van der Waals surface area contributed by atoms with Gasteiger partial charge in [-0.3, -0.25) is 24.0 Å². The van der Waals surface area contributed by atoms with E-state index >= 15 is 18.0 Å². The lowest BCUT2D eigenvalue weighted by atomic mass is 9.85. The maximum absolute atomic E-state index is 15.3. The average molecular weight is 900 g/mol. The molecule has 1 aromatic carbocycles. The van der Waals surface area contributed by atoms with Crippen molar-refractivity contribution in [2.75, 3.05) is 26.9 Å². The van der Waals surface area contributed by atoms with Crippen LogP contribution in [0.3, 0.4) is 0 Å². The predicted molar refractivity (Wildman–Crippen MR) is 210 cm³/mol.